The highest BCUT2D eigenvalue weighted by molar-refractivity contribution is 5.89. The van der Waals surface area contributed by atoms with E-state index in [0.717, 1.165) is 19.3 Å². The summed E-state index contributed by atoms with van der Waals surface area (Å²) in [6.45, 7) is 7.45. The highest BCUT2D eigenvalue weighted by Crippen LogP contribution is 2.27. The predicted octanol–water partition coefficient (Wildman–Crippen LogP) is 2.53. The largest absolute Gasteiger partial charge is 0.477 e. The van der Waals surface area contributed by atoms with E-state index < -0.39 is 11.6 Å². The molecule has 0 bridgehead atoms. The molecule has 3 heterocycles. The van der Waals surface area contributed by atoms with Gasteiger partial charge < -0.3 is 24.2 Å². The van der Waals surface area contributed by atoms with Crippen LogP contribution in [0.1, 0.15) is 56.6 Å². The van der Waals surface area contributed by atoms with Crippen LogP contribution in [0.4, 0.5) is 4.79 Å². The molecule has 0 radical (unpaired) electrons. The van der Waals surface area contributed by atoms with Crippen molar-refractivity contribution in [3.05, 3.63) is 11.8 Å². The summed E-state index contributed by atoms with van der Waals surface area (Å²) in [6.07, 6.45) is 3.69. The summed E-state index contributed by atoms with van der Waals surface area (Å²) in [5.41, 5.74) is -0.504. The monoisotopic (exact) mass is 381 g/mol. The van der Waals surface area contributed by atoms with Crippen LogP contribution < -0.4 is 4.74 Å². The first-order chi connectivity index (χ1) is 12.7. The Balaban J connectivity index is 1.53. The Hall–Kier alpha value is -2.29. The first-order valence-corrected chi connectivity index (χ1v) is 9.28. The lowest BCUT2D eigenvalue weighted by Gasteiger charge is -2.39. The van der Waals surface area contributed by atoms with Gasteiger partial charge in [0.1, 0.15) is 17.4 Å². The van der Waals surface area contributed by atoms with Gasteiger partial charge >= 0.3 is 12.1 Å². The van der Waals surface area contributed by atoms with Crippen LogP contribution in [-0.2, 0) is 9.47 Å². The molecule has 2 fully saturated rings. The first-order valence-electron chi connectivity index (χ1n) is 9.28. The first kappa shape index (κ1) is 19.5. The molecule has 27 heavy (non-hydrogen) atoms. The minimum absolute atomic E-state index is 0.0208. The number of carboxylic acids is 1. The SMILES string of the molecule is CC(C)(C)OC(=O)N1CC(COc2nn(C3CCCCO3)cc2C(=O)O)C1. The minimum atomic E-state index is -1.09. The number of ether oxygens (including phenoxy) is 3. The summed E-state index contributed by atoms with van der Waals surface area (Å²) in [4.78, 5) is 25.0. The summed E-state index contributed by atoms with van der Waals surface area (Å²) in [6, 6.07) is 0. The molecule has 1 unspecified atom stereocenters. The maximum Gasteiger partial charge on any atom is 0.410 e. The lowest BCUT2D eigenvalue weighted by molar-refractivity contribution is -0.0404. The highest BCUT2D eigenvalue weighted by Gasteiger charge is 2.34. The summed E-state index contributed by atoms with van der Waals surface area (Å²) >= 11 is 0. The van der Waals surface area contributed by atoms with E-state index in [9.17, 15) is 14.7 Å². The second-order valence-corrected chi connectivity index (χ2v) is 8.02. The average Bonchev–Trinajstić information content (AvgIpc) is 2.97. The van der Waals surface area contributed by atoms with Crippen LogP contribution in [0, 0.1) is 5.92 Å². The van der Waals surface area contributed by atoms with Crippen LogP contribution in [0.15, 0.2) is 6.20 Å². The van der Waals surface area contributed by atoms with Gasteiger partial charge in [-0.25, -0.2) is 14.3 Å². The number of amides is 1. The van der Waals surface area contributed by atoms with Gasteiger partial charge in [0, 0.05) is 31.8 Å². The summed E-state index contributed by atoms with van der Waals surface area (Å²) in [5, 5.41) is 13.7. The zero-order valence-corrected chi connectivity index (χ0v) is 16.0. The lowest BCUT2D eigenvalue weighted by atomic mass is 10.0. The van der Waals surface area contributed by atoms with Crippen LogP contribution in [0.3, 0.4) is 0 Å². The smallest absolute Gasteiger partial charge is 0.410 e. The van der Waals surface area contributed by atoms with Crippen molar-refractivity contribution in [2.45, 2.75) is 51.9 Å². The van der Waals surface area contributed by atoms with Crippen molar-refractivity contribution in [1.29, 1.82) is 0 Å². The van der Waals surface area contributed by atoms with Crippen molar-refractivity contribution in [3.8, 4) is 5.88 Å². The van der Waals surface area contributed by atoms with Crippen LogP contribution in [0.5, 0.6) is 5.88 Å². The van der Waals surface area contributed by atoms with E-state index in [-0.39, 0.29) is 29.7 Å². The van der Waals surface area contributed by atoms with Crippen molar-refractivity contribution in [1.82, 2.24) is 14.7 Å². The molecule has 0 aliphatic carbocycles. The van der Waals surface area contributed by atoms with Crippen molar-refractivity contribution < 1.29 is 28.9 Å². The highest BCUT2D eigenvalue weighted by atomic mass is 16.6. The molecule has 2 saturated heterocycles. The predicted molar refractivity (Wildman–Crippen MR) is 94.8 cm³/mol. The van der Waals surface area contributed by atoms with Gasteiger partial charge in [-0.15, -0.1) is 5.10 Å². The van der Waals surface area contributed by atoms with Crippen molar-refractivity contribution in [2.75, 3.05) is 26.3 Å². The summed E-state index contributed by atoms with van der Waals surface area (Å²) in [5.74, 6) is -0.876. The van der Waals surface area contributed by atoms with Crippen LogP contribution in [0.25, 0.3) is 0 Å². The Morgan fingerprint density at radius 3 is 2.67 bits per heavy atom. The second-order valence-electron chi connectivity index (χ2n) is 8.02. The Kier molecular flexibility index (Phi) is 5.59. The minimum Gasteiger partial charge on any atom is -0.477 e. The van der Waals surface area contributed by atoms with Gasteiger partial charge in [0.25, 0.3) is 0 Å². The fourth-order valence-electron chi connectivity index (χ4n) is 3.06. The standard InChI is InChI=1S/C18H27N3O6/c1-18(2,3)27-17(24)20-8-12(9-20)11-26-15-13(16(22)23)10-21(19-15)14-6-4-5-7-25-14/h10,12,14H,4-9,11H2,1-3H3,(H,22,23). The van der Waals surface area contributed by atoms with Gasteiger partial charge in [0.2, 0.25) is 5.88 Å². The van der Waals surface area contributed by atoms with Gasteiger partial charge in [-0.2, -0.15) is 0 Å². The number of likely N-dealkylation sites (tertiary alicyclic amines) is 1. The molecule has 0 aromatic carbocycles. The Morgan fingerprint density at radius 2 is 2.07 bits per heavy atom. The average molecular weight is 381 g/mol. The molecular weight excluding hydrogens is 354 g/mol. The fraction of sp³-hybridized carbons (Fsp3) is 0.722. The van der Waals surface area contributed by atoms with E-state index in [1.54, 1.807) is 4.90 Å². The molecule has 0 spiro atoms. The van der Waals surface area contributed by atoms with E-state index in [0.29, 0.717) is 26.3 Å². The normalized spacial score (nSPS) is 20.9. The van der Waals surface area contributed by atoms with E-state index in [1.165, 1.54) is 10.9 Å². The van der Waals surface area contributed by atoms with E-state index in [4.69, 9.17) is 14.2 Å². The Bertz CT molecular complexity index is 684. The van der Waals surface area contributed by atoms with E-state index in [2.05, 4.69) is 5.10 Å². The summed E-state index contributed by atoms with van der Waals surface area (Å²) in [7, 11) is 0. The molecule has 2 aliphatic heterocycles. The van der Waals surface area contributed by atoms with E-state index in [1.807, 2.05) is 20.8 Å². The summed E-state index contributed by atoms with van der Waals surface area (Å²) < 4.78 is 18.1. The van der Waals surface area contributed by atoms with Crippen LogP contribution in [-0.4, -0.2) is 63.8 Å². The Morgan fingerprint density at radius 1 is 1.33 bits per heavy atom. The quantitative estimate of drug-likeness (QED) is 0.836. The third-order valence-corrected chi connectivity index (χ3v) is 4.44. The number of rotatable bonds is 5. The zero-order chi connectivity index (χ0) is 19.6. The molecule has 1 aromatic rings. The van der Waals surface area contributed by atoms with Crippen LogP contribution >= 0.6 is 0 Å². The lowest BCUT2D eigenvalue weighted by Crippen LogP contribution is -2.53. The number of hydrogen-bond acceptors (Lipinski definition) is 6. The molecule has 0 saturated carbocycles. The number of hydrogen-bond donors (Lipinski definition) is 1. The molecule has 150 valence electrons. The molecule has 1 atom stereocenters. The van der Waals surface area contributed by atoms with Gasteiger partial charge in [-0.05, 0) is 40.0 Å². The Labute approximate surface area is 158 Å². The van der Waals surface area contributed by atoms with Crippen molar-refractivity contribution in [3.63, 3.8) is 0 Å². The molecule has 3 rings (SSSR count). The van der Waals surface area contributed by atoms with Crippen LogP contribution in [0.2, 0.25) is 0 Å². The molecule has 1 amide bonds. The third kappa shape index (κ3) is 4.91. The molecule has 1 aromatic heterocycles. The van der Waals surface area contributed by atoms with E-state index >= 15 is 0 Å². The molecule has 1 N–H and O–H groups in total. The molecular formula is C18H27N3O6. The van der Waals surface area contributed by atoms with Gasteiger partial charge in [-0.3, -0.25) is 0 Å². The fourth-order valence-corrected chi connectivity index (χ4v) is 3.06. The number of aromatic nitrogens is 2. The maximum atomic E-state index is 11.9. The maximum absolute atomic E-state index is 11.9. The molecule has 9 heteroatoms. The number of carbonyl (C=O) groups is 2. The third-order valence-electron chi connectivity index (χ3n) is 4.44. The number of nitrogens with zero attached hydrogens (tertiary/aromatic N) is 3. The number of carbonyl (C=O) groups excluding carboxylic acids is 1. The van der Waals surface area contributed by atoms with Gasteiger partial charge in [0.15, 0.2) is 0 Å². The number of aromatic carboxylic acids is 1. The number of carboxylic acid groups (broad SMARTS) is 1. The van der Waals surface area contributed by atoms with Crippen molar-refractivity contribution >= 4 is 12.1 Å². The van der Waals surface area contributed by atoms with Gasteiger partial charge in [0.05, 0.1) is 6.61 Å². The van der Waals surface area contributed by atoms with Gasteiger partial charge in [-0.1, -0.05) is 0 Å². The molecule has 2 aliphatic rings. The molecule has 9 nitrogen and oxygen atoms in total. The second kappa shape index (κ2) is 7.75. The zero-order valence-electron chi connectivity index (χ0n) is 16.0. The topological polar surface area (TPSA) is 103 Å². The van der Waals surface area contributed by atoms with Crippen molar-refractivity contribution in [2.24, 2.45) is 5.92 Å².